The number of nitrogens with zero attached hydrogens (tertiary/aromatic N) is 5. The van der Waals surface area contributed by atoms with Crippen LogP contribution in [0.2, 0.25) is 0 Å². The molecule has 2 unspecified atom stereocenters. The minimum Gasteiger partial charge on any atom is -0.335 e. The molecule has 4 heterocycles. The Balaban J connectivity index is 1.49. The highest BCUT2D eigenvalue weighted by molar-refractivity contribution is 7.89. The lowest BCUT2D eigenvalue weighted by atomic mass is 9.90. The molecular formula is C26H27N5O3S. The number of fused-ring (bicyclic) bond motifs is 2. The number of carbonyl (C=O) groups is 1. The van der Waals surface area contributed by atoms with Gasteiger partial charge in [-0.05, 0) is 61.7 Å². The first kappa shape index (κ1) is 23.3. The van der Waals surface area contributed by atoms with Crippen LogP contribution in [0.15, 0.2) is 84.7 Å². The van der Waals surface area contributed by atoms with Crippen LogP contribution in [0.25, 0.3) is 11.4 Å². The molecule has 180 valence electrons. The summed E-state index contributed by atoms with van der Waals surface area (Å²) in [6, 6.07) is 12.8. The molecule has 0 spiro atoms. The van der Waals surface area contributed by atoms with Crippen molar-refractivity contribution in [3.05, 3.63) is 85.5 Å². The Morgan fingerprint density at radius 1 is 0.971 bits per heavy atom. The van der Waals surface area contributed by atoms with Crippen LogP contribution in [0.3, 0.4) is 0 Å². The molecule has 1 amide bonds. The topological polar surface area (TPSA) is 96.4 Å². The number of hydrogen-bond acceptors (Lipinski definition) is 6. The van der Waals surface area contributed by atoms with E-state index >= 15 is 0 Å². The van der Waals surface area contributed by atoms with Crippen molar-refractivity contribution < 1.29 is 13.2 Å². The van der Waals surface area contributed by atoms with Gasteiger partial charge >= 0.3 is 0 Å². The predicted molar refractivity (Wildman–Crippen MR) is 131 cm³/mol. The second kappa shape index (κ2) is 9.67. The van der Waals surface area contributed by atoms with Gasteiger partial charge in [-0.25, -0.2) is 18.4 Å². The Bertz CT molecular complexity index is 1300. The van der Waals surface area contributed by atoms with E-state index in [1.165, 1.54) is 4.31 Å². The molecule has 8 nitrogen and oxygen atoms in total. The maximum absolute atomic E-state index is 14.0. The predicted octanol–water partition coefficient (Wildman–Crippen LogP) is 3.30. The van der Waals surface area contributed by atoms with Crippen molar-refractivity contribution in [3.63, 3.8) is 0 Å². The van der Waals surface area contributed by atoms with Crippen LogP contribution in [-0.2, 0) is 21.4 Å². The first-order valence-corrected chi connectivity index (χ1v) is 13.2. The van der Waals surface area contributed by atoms with Crippen molar-refractivity contribution in [1.82, 2.24) is 24.2 Å². The molecule has 2 aliphatic rings. The van der Waals surface area contributed by atoms with Crippen molar-refractivity contribution in [2.75, 3.05) is 6.54 Å². The van der Waals surface area contributed by atoms with Crippen molar-refractivity contribution >= 4 is 15.9 Å². The highest BCUT2D eigenvalue weighted by Crippen LogP contribution is 2.38. The summed E-state index contributed by atoms with van der Waals surface area (Å²) in [6.45, 7) is 4.74. The van der Waals surface area contributed by atoms with Gasteiger partial charge in [0.25, 0.3) is 0 Å². The molecule has 3 aromatic rings. The average molecular weight is 490 g/mol. The molecule has 3 atom stereocenters. The van der Waals surface area contributed by atoms with Crippen LogP contribution >= 0.6 is 0 Å². The molecule has 0 saturated carbocycles. The second-order valence-electron chi connectivity index (χ2n) is 8.89. The standard InChI is InChI=1S/C26H27N5O3S/c1-2-19-17-30(18-21-7-3-4-14-27-21)26(32)24-9-5-8-23(19)31(24)35(33,34)22-12-10-20(11-13-22)25-28-15-6-16-29-25/h2-4,6-7,10-16,19,23-24H,1,5,8-9,17-18H2/t19-,23?,24?/m0/s1. The minimum absolute atomic E-state index is 0.155. The summed E-state index contributed by atoms with van der Waals surface area (Å²) in [5.74, 6) is 0.164. The Morgan fingerprint density at radius 3 is 2.40 bits per heavy atom. The molecule has 35 heavy (non-hydrogen) atoms. The van der Waals surface area contributed by atoms with Crippen LogP contribution < -0.4 is 0 Å². The maximum Gasteiger partial charge on any atom is 0.244 e. The van der Waals surface area contributed by atoms with Gasteiger partial charge in [0.15, 0.2) is 5.82 Å². The monoisotopic (exact) mass is 489 g/mol. The fourth-order valence-corrected chi connectivity index (χ4v) is 6.94. The summed E-state index contributed by atoms with van der Waals surface area (Å²) >= 11 is 0. The molecule has 2 fully saturated rings. The van der Waals surface area contributed by atoms with E-state index in [1.54, 1.807) is 59.9 Å². The number of hydrogen-bond donors (Lipinski definition) is 0. The summed E-state index contributed by atoms with van der Waals surface area (Å²) in [6.07, 6.45) is 8.74. The van der Waals surface area contributed by atoms with Gasteiger partial charge < -0.3 is 4.90 Å². The number of sulfonamides is 1. The normalized spacial score (nSPS) is 23.0. The third-order valence-electron chi connectivity index (χ3n) is 6.77. The molecule has 0 aliphatic carbocycles. The number of carbonyl (C=O) groups excluding carboxylic acids is 1. The van der Waals surface area contributed by atoms with Crippen molar-refractivity contribution in [2.24, 2.45) is 5.92 Å². The van der Waals surface area contributed by atoms with Crippen molar-refractivity contribution in [2.45, 2.75) is 42.8 Å². The second-order valence-corrected chi connectivity index (χ2v) is 10.7. The van der Waals surface area contributed by atoms with Gasteiger partial charge in [-0.15, -0.1) is 6.58 Å². The van der Waals surface area contributed by atoms with Gasteiger partial charge in [0.1, 0.15) is 6.04 Å². The number of benzene rings is 1. The highest BCUT2D eigenvalue weighted by Gasteiger charge is 2.49. The van der Waals surface area contributed by atoms with Gasteiger partial charge in [0, 0.05) is 42.7 Å². The molecule has 2 bridgehead atoms. The molecule has 0 radical (unpaired) electrons. The fraction of sp³-hybridized carbons (Fsp3) is 0.308. The van der Waals surface area contributed by atoms with Crippen LogP contribution in [0.4, 0.5) is 0 Å². The van der Waals surface area contributed by atoms with Gasteiger partial charge in [0.05, 0.1) is 17.1 Å². The summed E-state index contributed by atoms with van der Waals surface area (Å²) in [7, 11) is -3.93. The third kappa shape index (κ3) is 4.49. The van der Waals surface area contributed by atoms with E-state index in [-0.39, 0.29) is 22.8 Å². The highest BCUT2D eigenvalue weighted by atomic mass is 32.2. The van der Waals surface area contributed by atoms with E-state index in [0.29, 0.717) is 31.8 Å². The summed E-state index contributed by atoms with van der Waals surface area (Å²) in [5, 5.41) is 0. The van der Waals surface area contributed by atoms with E-state index in [9.17, 15) is 13.2 Å². The van der Waals surface area contributed by atoms with E-state index in [1.807, 2.05) is 18.2 Å². The molecule has 0 N–H and O–H groups in total. The summed E-state index contributed by atoms with van der Waals surface area (Å²) in [4.78, 5) is 28.4. The number of pyridine rings is 1. The van der Waals surface area contributed by atoms with E-state index in [0.717, 1.165) is 17.7 Å². The molecule has 2 aromatic heterocycles. The fourth-order valence-electron chi connectivity index (χ4n) is 5.07. The third-order valence-corrected chi connectivity index (χ3v) is 8.72. The van der Waals surface area contributed by atoms with Gasteiger partial charge in [-0.1, -0.05) is 12.1 Å². The first-order valence-electron chi connectivity index (χ1n) is 11.7. The lowest BCUT2D eigenvalue weighted by Gasteiger charge is -2.40. The van der Waals surface area contributed by atoms with Gasteiger partial charge in [0.2, 0.25) is 15.9 Å². The zero-order chi connectivity index (χ0) is 24.4. The molecule has 1 aromatic carbocycles. The lowest BCUT2D eigenvalue weighted by Crippen LogP contribution is -2.54. The molecule has 5 rings (SSSR count). The number of aromatic nitrogens is 3. The van der Waals surface area contributed by atoms with Crippen LogP contribution in [0.5, 0.6) is 0 Å². The number of piperidine rings is 1. The largest absolute Gasteiger partial charge is 0.335 e. The SMILES string of the molecule is C=C[C@H]1CN(Cc2ccccn2)C(=O)C2CCCC1N2S(=O)(=O)c1ccc(-c2ncccn2)cc1. The Kier molecular flexibility index (Phi) is 6.44. The minimum atomic E-state index is -3.93. The van der Waals surface area contributed by atoms with Crippen molar-refractivity contribution in [1.29, 1.82) is 0 Å². The maximum atomic E-state index is 14.0. The molecular weight excluding hydrogens is 462 g/mol. The van der Waals surface area contributed by atoms with E-state index in [2.05, 4.69) is 21.5 Å². The molecule has 9 heteroatoms. The molecule has 2 aliphatic heterocycles. The van der Waals surface area contributed by atoms with Gasteiger partial charge in [-0.3, -0.25) is 9.78 Å². The average Bonchev–Trinajstić information content (AvgIpc) is 2.97. The van der Waals surface area contributed by atoms with E-state index in [4.69, 9.17) is 0 Å². The van der Waals surface area contributed by atoms with Crippen LogP contribution in [-0.4, -0.2) is 57.1 Å². The zero-order valence-electron chi connectivity index (χ0n) is 19.3. The Morgan fingerprint density at radius 2 is 1.71 bits per heavy atom. The van der Waals surface area contributed by atoms with Crippen LogP contribution in [0, 0.1) is 5.92 Å². The van der Waals surface area contributed by atoms with E-state index < -0.39 is 16.1 Å². The Hall–Kier alpha value is -3.43. The zero-order valence-corrected chi connectivity index (χ0v) is 20.1. The Labute approximate surface area is 205 Å². The summed E-state index contributed by atoms with van der Waals surface area (Å²) < 4.78 is 29.4. The summed E-state index contributed by atoms with van der Waals surface area (Å²) in [5.41, 5.74) is 1.50. The number of amides is 1. The van der Waals surface area contributed by atoms with Gasteiger partial charge in [-0.2, -0.15) is 4.31 Å². The number of rotatable bonds is 6. The first-order chi connectivity index (χ1) is 17.0. The lowest BCUT2D eigenvalue weighted by molar-refractivity contribution is -0.135. The van der Waals surface area contributed by atoms with Crippen LogP contribution in [0.1, 0.15) is 25.0 Å². The smallest absolute Gasteiger partial charge is 0.244 e. The quantitative estimate of drug-likeness (QED) is 0.493. The molecule has 2 saturated heterocycles. The van der Waals surface area contributed by atoms with Crippen molar-refractivity contribution in [3.8, 4) is 11.4 Å².